The van der Waals surface area contributed by atoms with E-state index in [1.54, 1.807) is 11.3 Å². The molecule has 2 saturated carbocycles. The van der Waals surface area contributed by atoms with Gasteiger partial charge in [-0.2, -0.15) is 0 Å². The van der Waals surface area contributed by atoms with Crippen LogP contribution in [-0.2, 0) is 0 Å². The van der Waals surface area contributed by atoms with Gasteiger partial charge in [0.1, 0.15) is 0 Å². The fourth-order valence-electron chi connectivity index (χ4n) is 4.53. The Balaban J connectivity index is 1.76. The Kier molecular flexibility index (Phi) is 5.85. The van der Waals surface area contributed by atoms with Gasteiger partial charge in [-0.25, -0.2) is 0 Å². The maximum absolute atomic E-state index is 3.77. The van der Waals surface area contributed by atoms with Gasteiger partial charge in [-0.3, -0.25) is 0 Å². The van der Waals surface area contributed by atoms with Crippen LogP contribution >= 0.6 is 43.2 Å². The van der Waals surface area contributed by atoms with Crippen molar-refractivity contribution in [3.63, 3.8) is 0 Å². The summed E-state index contributed by atoms with van der Waals surface area (Å²) in [6.07, 6.45) is 10.2. The van der Waals surface area contributed by atoms with Gasteiger partial charge in [0.15, 0.2) is 0 Å². The van der Waals surface area contributed by atoms with Crippen molar-refractivity contribution >= 4 is 43.2 Å². The predicted molar refractivity (Wildman–Crippen MR) is 98.9 cm³/mol. The molecule has 0 amide bonds. The second-order valence-corrected chi connectivity index (χ2v) is 10.4. The molecule has 0 radical (unpaired) electrons. The Morgan fingerprint density at radius 1 is 1.19 bits per heavy atom. The minimum atomic E-state index is 0.523. The number of halogens is 2. The molecule has 0 saturated heterocycles. The minimum Gasteiger partial charge on any atom is -0.310 e. The molecule has 3 rings (SSSR count). The number of thiophene rings is 1. The van der Waals surface area contributed by atoms with Crippen LogP contribution in [-0.4, -0.2) is 6.54 Å². The van der Waals surface area contributed by atoms with Crippen molar-refractivity contribution in [2.75, 3.05) is 6.54 Å². The average Bonchev–Trinajstić information content (AvgIpc) is 2.83. The van der Waals surface area contributed by atoms with Gasteiger partial charge in [0.25, 0.3) is 0 Å². The quantitative estimate of drug-likeness (QED) is 0.567. The monoisotopic (exact) mass is 433 g/mol. The van der Waals surface area contributed by atoms with E-state index in [1.165, 1.54) is 58.1 Å². The Labute approximate surface area is 149 Å². The highest BCUT2D eigenvalue weighted by Gasteiger charge is 2.36. The minimum absolute atomic E-state index is 0.523. The first-order chi connectivity index (χ1) is 10.2. The lowest BCUT2D eigenvalue weighted by Crippen LogP contribution is -2.35. The smallest absolute Gasteiger partial charge is 0.0758 e. The lowest BCUT2D eigenvalue weighted by molar-refractivity contribution is 0.110. The molecule has 0 aromatic carbocycles. The van der Waals surface area contributed by atoms with Gasteiger partial charge in [0.2, 0.25) is 0 Å². The summed E-state index contributed by atoms with van der Waals surface area (Å²) in [5, 5.41) is 3.77. The molecule has 1 heterocycles. The van der Waals surface area contributed by atoms with E-state index in [1.807, 2.05) is 0 Å². The average molecular weight is 435 g/mol. The van der Waals surface area contributed by atoms with E-state index >= 15 is 0 Å². The van der Waals surface area contributed by atoms with E-state index in [9.17, 15) is 0 Å². The predicted octanol–water partition coefficient (Wildman–Crippen LogP) is 6.53. The van der Waals surface area contributed by atoms with Gasteiger partial charge in [-0.1, -0.05) is 32.6 Å². The summed E-state index contributed by atoms with van der Waals surface area (Å²) in [6.45, 7) is 3.28. The normalized spacial score (nSPS) is 30.9. The maximum Gasteiger partial charge on any atom is 0.0758 e. The zero-order valence-corrected chi connectivity index (χ0v) is 16.7. The van der Waals surface area contributed by atoms with E-state index in [0.717, 1.165) is 24.3 Å². The molecule has 1 N–H and O–H groups in total. The Bertz CT molecular complexity index is 473. The van der Waals surface area contributed by atoms with Crippen LogP contribution in [0.15, 0.2) is 13.6 Å². The van der Waals surface area contributed by atoms with Crippen LogP contribution in [0.2, 0.25) is 0 Å². The fraction of sp³-hybridized carbons (Fsp3) is 0.765. The molecular weight excluding hydrogens is 410 g/mol. The summed E-state index contributed by atoms with van der Waals surface area (Å²) in [5.41, 5.74) is 1.47. The van der Waals surface area contributed by atoms with E-state index in [0.29, 0.717) is 6.04 Å². The molecule has 0 aliphatic heterocycles. The van der Waals surface area contributed by atoms with Crippen molar-refractivity contribution in [1.29, 1.82) is 0 Å². The van der Waals surface area contributed by atoms with Crippen LogP contribution in [0.25, 0.3) is 0 Å². The molecule has 2 fully saturated rings. The fourth-order valence-corrected chi connectivity index (χ4v) is 7.46. The van der Waals surface area contributed by atoms with Crippen LogP contribution in [0.3, 0.4) is 0 Å². The molecule has 4 atom stereocenters. The molecule has 2 aliphatic rings. The van der Waals surface area contributed by atoms with Crippen molar-refractivity contribution in [3.05, 3.63) is 19.2 Å². The Hall–Kier alpha value is 0.620. The molecule has 118 valence electrons. The van der Waals surface area contributed by atoms with Crippen molar-refractivity contribution in [3.8, 4) is 0 Å². The highest BCUT2D eigenvalue weighted by molar-refractivity contribution is 9.12. The first-order valence-corrected chi connectivity index (χ1v) is 10.8. The maximum atomic E-state index is 3.77. The van der Waals surface area contributed by atoms with E-state index in [-0.39, 0.29) is 0 Å². The molecule has 4 unspecified atom stereocenters. The summed E-state index contributed by atoms with van der Waals surface area (Å²) < 4.78 is 2.53. The summed E-state index contributed by atoms with van der Waals surface area (Å²) in [7, 11) is 0. The standard InChI is InChI=1S/C17H25Br2NS/c1-2-20-16(14-10-15(18)21-17(14)19)13-8-7-11-5-3-4-6-12(11)9-13/h10-13,16,20H,2-9H2,1H3. The third-order valence-corrected chi connectivity index (χ3v) is 7.88. The summed E-state index contributed by atoms with van der Waals surface area (Å²) >= 11 is 9.22. The molecule has 21 heavy (non-hydrogen) atoms. The summed E-state index contributed by atoms with van der Waals surface area (Å²) in [6, 6.07) is 2.84. The second-order valence-electron chi connectivity index (χ2n) is 6.69. The van der Waals surface area contributed by atoms with Crippen LogP contribution in [0.4, 0.5) is 0 Å². The number of fused-ring (bicyclic) bond motifs is 1. The zero-order valence-electron chi connectivity index (χ0n) is 12.7. The number of hydrogen-bond acceptors (Lipinski definition) is 2. The van der Waals surface area contributed by atoms with Crippen LogP contribution in [0.5, 0.6) is 0 Å². The zero-order chi connectivity index (χ0) is 14.8. The third-order valence-electron chi connectivity index (χ3n) is 5.49. The second kappa shape index (κ2) is 7.46. The first-order valence-electron chi connectivity index (χ1n) is 8.37. The third kappa shape index (κ3) is 3.76. The van der Waals surface area contributed by atoms with Crippen molar-refractivity contribution in [2.24, 2.45) is 17.8 Å². The van der Waals surface area contributed by atoms with Gasteiger partial charge >= 0.3 is 0 Å². The molecule has 2 aliphatic carbocycles. The molecular formula is C17H25Br2NS. The van der Waals surface area contributed by atoms with Crippen LogP contribution < -0.4 is 5.32 Å². The highest BCUT2D eigenvalue weighted by Crippen LogP contribution is 2.48. The van der Waals surface area contributed by atoms with Crippen molar-refractivity contribution in [2.45, 2.75) is 57.9 Å². The molecule has 1 aromatic rings. The van der Waals surface area contributed by atoms with Gasteiger partial charge < -0.3 is 5.32 Å². The lowest BCUT2D eigenvalue weighted by atomic mass is 9.65. The Morgan fingerprint density at radius 3 is 2.62 bits per heavy atom. The van der Waals surface area contributed by atoms with Crippen molar-refractivity contribution in [1.82, 2.24) is 5.32 Å². The van der Waals surface area contributed by atoms with Gasteiger partial charge in [0.05, 0.1) is 7.57 Å². The molecule has 0 bridgehead atoms. The van der Waals surface area contributed by atoms with Crippen molar-refractivity contribution < 1.29 is 0 Å². The summed E-state index contributed by atoms with van der Waals surface area (Å²) in [4.78, 5) is 0. The summed E-state index contributed by atoms with van der Waals surface area (Å²) in [5.74, 6) is 2.84. The number of nitrogens with one attached hydrogen (secondary N) is 1. The Morgan fingerprint density at radius 2 is 1.95 bits per heavy atom. The number of rotatable bonds is 4. The molecule has 1 nitrogen and oxygen atoms in total. The first kappa shape index (κ1) is 16.5. The van der Waals surface area contributed by atoms with Crippen LogP contribution in [0, 0.1) is 17.8 Å². The SMILES string of the molecule is CCNC(c1cc(Br)sc1Br)C1CCC2CCCCC2C1. The van der Waals surface area contributed by atoms with Gasteiger partial charge in [0, 0.05) is 6.04 Å². The largest absolute Gasteiger partial charge is 0.310 e. The number of hydrogen-bond donors (Lipinski definition) is 1. The van der Waals surface area contributed by atoms with Crippen LogP contribution in [0.1, 0.15) is 63.5 Å². The van der Waals surface area contributed by atoms with E-state index in [4.69, 9.17) is 0 Å². The molecule has 0 spiro atoms. The lowest BCUT2D eigenvalue weighted by Gasteiger charge is -2.42. The molecule has 4 heteroatoms. The highest BCUT2D eigenvalue weighted by atomic mass is 79.9. The molecule has 1 aromatic heterocycles. The van der Waals surface area contributed by atoms with E-state index < -0.39 is 0 Å². The van der Waals surface area contributed by atoms with Gasteiger partial charge in [-0.15, -0.1) is 11.3 Å². The van der Waals surface area contributed by atoms with E-state index in [2.05, 4.69) is 50.2 Å². The van der Waals surface area contributed by atoms with Gasteiger partial charge in [-0.05, 0) is 87.1 Å². The topological polar surface area (TPSA) is 12.0 Å².